The van der Waals surface area contributed by atoms with E-state index in [0.717, 1.165) is 6.92 Å². The third-order valence-corrected chi connectivity index (χ3v) is 3.32. The lowest BCUT2D eigenvalue weighted by Crippen LogP contribution is -2.58. The number of alkyl halides is 4. The molecule has 25 heavy (non-hydrogen) atoms. The minimum absolute atomic E-state index is 0.473. The number of ether oxygens (including phenoxy) is 3. The summed E-state index contributed by atoms with van der Waals surface area (Å²) in [5.74, 6) is -2.28. The molecule has 0 aromatic rings. The van der Waals surface area contributed by atoms with Gasteiger partial charge in [-0.25, -0.2) is 9.18 Å². The van der Waals surface area contributed by atoms with Gasteiger partial charge in [-0.3, -0.25) is 4.79 Å². The van der Waals surface area contributed by atoms with Gasteiger partial charge in [0.25, 0.3) is 3.79 Å². The van der Waals surface area contributed by atoms with Crippen molar-refractivity contribution in [2.75, 3.05) is 6.54 Å². The first-order valence-electron chi connectivity index (χ1n) is 6.41. The molecule has 0 bridgehead atoms. The van der Waals surface area contributed by atoms with Gasteiger partial charge < -0.3 is 14.2 Å². The van der Waals surface area contributed by atoms with E-state index in [2.05, 4.69) is 20.1 Å². The molecule has 5 atom stereocenters. The van der Waals surface area contributed by atoms with E-state index in [1.165, 1.54) is 0 Å². The van der Waals surface area contributed by atoms with Crippen LogP contribution in [0.25, 0.3) is 20.9 Å². The lowest BCUT2D eigenvalue weighted by atomic mass is 9.98. The standard InChI is InChI=1S/C10H10Cl3FN6O5/c1-3(21)23-7-4(2-17-19-15)24-8(6(5(7)14)18-20-16)25-9(22)10(11,12)13/h4-8H,2H2,1H3/t4-,5+,6?,7-,8?/m1/s1. The number of rotatable bonds is 5. The molecule has 0 amide bonds. The fourth-order valence-corrected chi connectivity index (χ4v) is 2.06. The van der Waals surface area contributed by atoms with Crippen LogP contribution in [0.2, 0.25) is 0 Å². The van der Waals surface area contributed by atoms with Crippen molar-refractivity contribution in [3.63, 3.8) is 0 Å². The van der Waals surface area contributed by atoms with Crippen LogP contribution in [0.3, 0.4) is 0 Å². The monoisotopic (exact) mass is 418 g/mol. The van der Waals surface area contributed by atoms with Crippen LogP contribution < -0.4 is 0 Å². The summed E-state index contributed by atoms with van der Waals surface area (Å²) in [5, 5.41) is 6.33. The van der Waals surface area contributed by atoms with Gasteiger partial charge in [-0.05, 0) is 11.1 Å². The van der Waals surface area contributed by atoms with Gasteiger partial charge in [-0.15, -0.1) is 0 Å². The second kappa shape index (κ2) is 9.14. The number of carbonyl (C=O) groups is 2. The SMILES string of the molecule is CC(=O)O[C@@H]1[C@@H](CN=[N+]=[N-])OC(OC(=O)C(Cl)(Cl)Cl)C(N=[N+]=[N-])[C@@H]1F. The largest absolute Gasteiger partial charge is 0.457 e. The van der Waals surface area contributed by atoms with E-state index in [0.29, 0.717) is 0 Å². The number of nitrogens with zero attached hydrogens (tertiary/aromatic N) is 6. The highest BCUT2D eigenvalue weighted by Gasteiger charge is 2.50. The van der Waals surface area contributed by atoms with E-state index in [1.807, 2.05) is 0 Å². The van der Waals surface area contributed by atoms with Crippen molar-refractivity contribution < 1.29 is 28.2 Å². The number of halogens is 4. The van der Waals surface area contributed by atoms with E-state index in [4.69, 9.17) is 60.1 Å². The van der Waals surface area contributed by atoms with E-state index in [1.54, 1.807) is 0 Å². The Morgan fingerprint density at radius 3 is 2.40 bits per heavy atom. The van der Waals surface area contributed by atoms with E-state index < -0.39 is 53.0 Å². The van der Waals surface area contributed by atoms with Crippen LogP contribution in [0.15, 0.2) is 10.2 Å². The topological polar surface area (TPSA) is 159 Å². The van der Waals surface area contributed by atoms with Gasteiger partial charge in [-0.1, -0.05) is 45.0 Å². The third-order valence-electron chi connectivity index (χ3n) is 2.86. The summed E-state index contributed by atoms with van der Waals surface area (Å²) >= 11 is 16.0. The number of carbonyl (C=O) groups excluding carboxylic acids is 2. The molecule has 2 unspecified atom stereocenters. The molecule has 0 aliphatic carbocycles. The van der Waals surface area contributed by atoms with Crippen LogP contribution in [0.1, 0.15) is 6.92 Å². The highest BCUT2D eigenvalue weighted by Crippen LogP contribution is 2.33. The van der Waals surface area contributed by atoms with Crippen LogP contribution in [0.4, 0.5) is 4.39 Å². The molecule has 0 aromatic heterocycles. The highest BCUT2D eigenvalue weighted by molar-refractivity contribution is 6.75. The Bertz CT molecular complexity index is 619. The molecular weight excluding hydrogens is 410 g/mol. The Morgan fingerprint density at radius 1 is 1.28 bits per heavy atom. The smallest absolute Gasteiger partial charge is 0.360 e. The number of hydrogen-bond acceptors (Lipinski definition) is 7. The Labute approximate surface area is 154 Å². The Kier molecular flexibility index (Phi) is 7.81. The van der Waals surface area contributed by atoms with Gasteiger partial charge in [0.2, 0.25) is 6.29 Å². The lowest BCUT2D eigenvalue weighted by molar-refractivity contribution is -0.246. The molecule has 0 spiro atoms. The maximum Gasteiger partial charge on any atom is 0.360 e. The molecule has 0 saturated carbocycles. The summed E-state index contributed by atoms with van der Waals surface area (Å²) in [6.45, 7) is 0.536. The number of hydrogen-bond donors (Lipinski definition) is 0. The maximum atomic E-state index is 14.7. The van der Waals surface area contributed by atoms with Gasteiger partial charge in [0.05, 0.1) is 6.54 Å². The molecule has 138 valence electrons. The van der Waals surface area contributed by atoms with Crippen molar-refractivity contribution in [1.29, 1.82) is 0 Å². The zero-order valence-corrected chi connectivity index (χ0v) is 14.6. The summed E-state index contributed by atoms with van der Waals surface area (Å²) in [6.07, 6.45) is -6.88. The molecule has 0 N–H and O–H groups in total. The quantitative estimate of drug-likeness (QED) is 0.220. The zero-order valence-electron chi connectivity index (χ0n) is 12.3. The molecule has 0 aromatic carbocycles. The minimum Gasteiger partial charge on any atom is -0.457 e. The molecule has 1 heterocycles. The van der Waals surface area contributed by atoms with Crippen LogP contribution in [-0.4, -0.2) is 53.0 Å². The van der Waals surface area contributed by atoms with E-state index in [9.17, 15) is 14.0 Å². The van der Waals surface area contributed by atoms with Gasteiger partial charge in [0.1, 0.15) is 12.1 Å². The second-order valence-corrected chi connectivity index (χ2v) is 6.85. The third kappa shape index (κ3) is 5.96. The van der Waals surface area contributed by atoms with Crippen molar-refractivity contribution >= 4 is 46.7 Å². The molecule has 1 aliphatic heterocycles. The first-order valence-corrected chi connectivity index (χ1v) is 7.54. The first kappa shape index (κ1) is 21.4. The fourth-order valence-electron chi connectivity index (χ4n) is 1.92. The molecule has 11 nitrogen and oxygen atoms in total. The van der Waals surface area contributed by atoms with Gasteiger partial charge in [0, 0.05) is 16.7 Å². The van der Waals surface area contributed by atoms with Crippen molar-refractivity contribution in [1.82, 2.24) is 0 Å². The molecule has 0 radical (unpaired) electrons. The lowest BCUT2D eigenvalue weighted by Gasteiger charge is -2.40. The van der Waals surface area contributed by atoms with E-state index >= 15 is 0 Å². The van der Waals surface area contributed by atoms with Crippen LogP contribution in [0.5, 0.6) is 0 Å². The normalized spacial score (nSPS) is 28.9. The van der Waals surface area contributed by atoms with Crippen LogP contribution >= 0.6 is 34.8 Å². The molecule has 1 saturated heterocycles. The van der Waals surface area contributed by atoms with Crippen molar-refractivity contribution in [3.8, 4) is 0 Å². The number of azide groups is 2. The number of esters is 2. The predicted molar refractivity (Wildman–Crippen MR) is 82.4 cm³/mol. The van der Waals surface area contributed by atoms with Gasteiger partial charge >= 0.3 is 11.9 Å². The summed E-state index contributed by atoms with van der Waals surface area (Å²) in [4.78, 5) is 27.7. The molecule has 1 rings (SSSR count). The Balaban J connectivity index is 3.14. The zero-order chi connectivity index (χ0) is 19.2. The first-order chi connectivity index (χ1) is 11.6. The van der Waals surface area contributed by atoms with Crippen molar-refractivity contribution in [2.24, 2.45) is 10.2 Å². The highest BCUT2D eigenvalue weighted by atomic mass is 35.6. The summed E-state index contributed by atoms with van der Waals surface area (Å²) in [7, 11) is 0. The average Bonchev–Trinajstić information content (AvgIpc) is 2.50. The van der Waals surface area contributed by atoms with E-state index in [-0.39, 0.29) is 0 Å². The molecular formula is C10H10Cl3FN6O5. The summed E-state index contributed by atoms with van der Waals surface area (Å²) in [6, 6.07) is -1.74. The predicted octanol–water partition coefficient (Wildman–Crippen LogP) is 2.88. The second-order valence-electron chi connectivity index (χ2n) is 4.57. The molecule has 15 heteroatoms. The summed E-state index contributed by atoms with van der Waals surface area (Å²) < 4.78 is 26.9. The summed E-state index contributed by atoms with van der Waals surface area (Å²) in [5.41, 5.74) is 16.9. The van der Waals surface area contributed by atoms with Crippen LogP contribution in [0, 0.1) is 0 Å². The van der Waals surface area contributed by atoms with Gasteiger partial charge in [-0.2, -0.15) is 0 Å². The fraction of sp³-hybridized carbons (Fsp3) is 0.800. The maximum absolute atomic E-state index is 14.7. The minimum atomic E-state index is -2.50. The average molecular weight is 420 g/mol. The Morgan fingerprint density at radius 2 is 1.92 bits per heavy atom. The van der Waals surface area contributed by atoms with Gasteiger partial charge in [0.15, 0.2) is 12.3 Å². The Hall–Kier alpha value is -1.68. The van der Waals surface area contributed by atoms with Crippen LogP contribution in [-0.2, 0) is 23.8 Å². The molecule has 1 fully saturated rings. The van der Waals surface area contributed by atoms with Crippen molar-refractivity contribution in [3.05, 3.63) is 20.9 Å². The molecule has 1 aliphatic rings. The van der Waals surface area contributed by atoms with Crippen molar-refractivity contribution in [2.45, 2.75) is 41.4 Å².